The highest BCUT2D eigenvalue weighted by Gasteiger charge is 2.38. The quantitative estimate of drug-likeness (QED) is 0.410. The topological polar surface area (TPSA) is 134 Å². The van der Waals surface area contributed by atoms with Crippen molar-refractivity contribution in [2.75, 3.05) is 19.8 Å². The second-order valence-corrected chi connectivity index (χ2v) is 5.98. The smallest absolute Gasteiger partial charge is 0.336 e. The zero-order valence-electron chi connectivity index (χ0n) is 16.0. The van der Waals surface area contributed by atoms with Gasteiger partial charge in [0.1, 0.15) is 0 Å². The number of carbonyl (C=O) groups excluding carboxylic acids is 2. The first-order valence-corrected chi connectivity index (χ1v) is 8.85. The first-order valence-electron chi connectivity index (χ1n) is 8.85. The highest BCUT2D eigenvalue weighted by atomic mass is 16.6. The van der Waals surface area contributed by atoms with Crippen LogP contribution in [0.3, 0.4) is 0 Å². The summed E-state index contributed by atoms with van der Waals surface area (Å²) in [6.07, 6.45) is 0. The van der Waals surface area contributed by atoms with Gasteiger partial charge in [-0.25, -0.2) is 9.59 Å². The van der Waals surface area contributed by atoms with Gasteiger partial charge in [-0.1, -0.05) is 12.1 Å². The van der Waals surface area contributed by atoms with Gasteiger partial charge in [0, 0.05) is 30.1 Å². The van der Waals surface area contributed by atoms with Crippen LogP contribution < -0.4 is 11.1 Å². The molecule has 0 radical (unpaired) electrons. The van der Waals surface area contributed by atoms with Crippen molar-refractivity contribution < 1.29 is 24.0 Å². The molecule has 0 aromatic heterocycles. The van der Waals surface area contributed by atoms with Gasteiger partial charge in [-0.15, -0.1) is 0 Å². The number of rotatable bonds is 7. The molecule has 0 bridgehead atoms. The third kappa shape index (κ3) is 4.20. The van der Waals surface area contributed by atoms with Crippen molar-refractivity contribution in [1.29, 1.82) is 0 Å². The van der Waals surface area contributed by atoms with Gasteiger partial charge in [0.2, 0.25) is 0 Å². The maximum absolute atomic E-state index is 12.7. The van der Waals surface area contributed by atoms with Gasteiger partial charge in [-0.05, 0) is 26.3 Å². The van der Waals surface area contributed by atoms with E-state index >= 15 is 0 Å². The maximum atomic E-state index is 12.7. The number of benzene rings is 1. The van der Waals surface area contributed by atoms with Crippen LogP contribution in [0.1, 0.15) is 32.3 Å². The van der Waals surface area contributed by atoms with E-state index in [4.69, 9.17) is 15.2 Å². The average molecular weight is 389 g/mol. The molecular weight excluding hydrogens is 366 g/mol. The molecule has 9 nitrogen and oxygen atoms in total. The molecule has 1 heterocycles. The van der Waals surface area contributed by atoms with Crippen LogP contribution in [0, 0.1) is 10.1 Å². The fraction of sp³-hybridized carbons (Fsp3) is 0.368. The fourth-order valence-corrected chi connectivity index (χ4v) is 3.11. The van der Waals surface area contributed by atoms with Crippen LogP contribution >= 0.6 is 0 Å². The van der Waals surface area contributed by atoms with E-state index in [0.29, 0.717) is 17.0 Å². The maximum Gasteiger partial charge on any atom is 0.336 e. The number of hydrogen-bond acceptors (Lipinski definition) is 8. The molecule has 1 aromatic rings. The lowest BCUT2D eigenvalue weighted by molar-refractivity contribution is -0.384. The number of nitro groups is 1. The minimum atomic E-state index is -0.821. The van der Waals surface area contributed by atoms with E-state index in [1.54, 1.807) is 20.8 Å². The molecular formula is C19H23N3O6. The molecule has 3 N–H and O–H groups in total. The Labute approximate surface area is 162 Å². The Morgan fingerprint density at radius 1 is 1.11 bits per heavy atom. The molecule has 150 valence electrons. The fourth-order valence-electron chi connectivity index (χ4n) is 3.11. The number of non-ortho nitro benzene ring substituents is 1. The van der Waals surface area contributed by atoms with Crippen LogP contribution in [0.4, 0.5) is 5.69 Å². The van der Waals surface area contributed by atoms with Gasteiger partial charge in [-0.3, -0.25) is 10.1 Å². The van der Waals surface area contributed by atoms with E-state index < -0.39 is 22.8 Å². The van der Waals surface area contributed by atoms with Gasteiger partial charge in [0.25, 0.3) is 5.69 Å². The number of dihydropyridines is 1. The van der Waals surface area contributed by atoms with Crippen molar-refractivity contribution in [3.8, 4) is 0 Å². The third-order valence-corrected chi connectivity index (χ3v) is 4.28. The molecule has 0 saturated heterocycles. The average Bonchev–Trinajstić information content (AvgIpc) is 2.67. The van der Waals surface area contributed by atoms with Gasteiger partial charge < -0.3 is 20.5 Å². The van der Waals surface area contributed by atoms with E-state index in [9.17, 15) is 19.7 Å². The van der Waals surface area contributed by atoms with Crippen molar-refractivity contribution in [3.63, 3.8) is 0 Å². The summed E-state index contributed by atoms with van der Waals surface area (Å²) in [5, 5.41) is 14.0. The summed E-state index contributed by atoms with van der Waals surface area (Å²) < 4.78 is 10.3. The predicted molar refractivity (Wildman–Crippen MR) is 101 cm³/mol. The van der Waals surface area contributed by atoms with E-state index in [1.807, 2.05) is 0 Å². The summed E-state index contributed by atoms with van der Waals surface area (Å²) in [5.41, 5.74) is 7.57. The van der Waals surface area contributed by atoms with Crippen LogP contribution in [0.2, 0.25) is 0 Å². The minimum Gasteiger partial charge on any atom is -0.463 e. The predicted octanol–water partition coefficient (Wildman–Crippen LogP) is 1.89. The van der Waals surface area contributed by atoms with Crippen molar-refractivity contribution >= 4 is 17.6 Å². The van der Waals surface area contributed by atoms with Gasteiger partial charge in [-0.2, -0.15) is 0 Å². The van der Waals surface area contributed by atoms with Crippen molar-refractivity contribution in [3.05, 3.63) is 62.5 Å². The molecule has 1 unspecified atom stereocenters. The second-order valence-electron chi connectivity index (χ2n) is 5.98. The molecule has 9 heteroatoms. The number of carbonyl (C=O) groups is 2. The lowest BCUT2D eigenvalue weighted by atomic mass is 9.80. The molecule has 1 aliphatic heterocycles. The van der Waals surface area contributed by atoms with E-state index in [0.717, 1.165) is 0 Å². The highest BCUT2D eigenvalue weighted by Crippen LogP contribution is 2.39. The minimum absolute atomic E-state index is 0.0189. The third-order valence-electron chi connectivity index (χ3n) is 4.28. The van der Waals surface area contributed by atoms with Gasteiger partial charge in [0.15, 0.2) is 0 Å². The van der Waals surface area contributed by atoms with E-state index in [-0.39, 0.29) is 36.6 Å². The Balaban J connectivity index is 2.67. The number of nitrogens with one attached hydrogen (secondary N) is 1. The number of ether oxygens (including phenoxy) is 2. The molecule has 0 spiro atoms. The summed E-state index contributed by atoms with van der Waals surface area (Å²) in [6, 6.07) is 5.66. The summed E-state index contributed by atoms with van der Waals surface area (Å²) in [5.74, 6) is -2.03. The Bertz CT molecular complexity index is 842. The zero-order chi connectivity index (χ0) is 20.8. The van der Waals surface area contributed by atoms with Crippen LogP contribution in [0.5, 0.6) is 0 Å². The van der Waals surface area contributed by atoms with Crippen molar-refractivity contribution in [2.24, 2.45) is 5.73 Å². The normalized spacial score (nSPS) is 16.5. The van der Waals surface area contributed by atoms with Crippen LogP contribution in [0.25, 0.3) is 0 Å². The zero-order valence-corrected chi connectivity index (χ0v) is 16.0. The number of hydrogen-bond donors (Lipinski definition) is 2. The highest BCUT2D eigenvalue weighted by molar-refractivity contribution is 6.00. The summed E-state index contributed by atoms with van der Waals surface area (Å²) in [4.78, 5) is 35.8. The molecule has 2 rings (SSSR count). The van der Waals surface area contributed by atoms with E-state index in [2.05, 4.69) is 5.32 Å². The standard InChI is InChI=1S/C19H23N3O6/c1-4-27-18(23)15-11(3)21-14(10-20)17(19(24)28-5-2)16(15)12-6-8-13(9-7-12)22(25)26/h6-9,16,21H,4-5,10,20H2,1-3H3. The molecule has 0 amide bonds. The number of nitrogens with two attached hydrogens (primary N) is 1. The Kier molecular flexibility index (Phi) is 6.89. The van der Waals surface area contributed by atoms with Gasteiger partial charge >= 0.3 is 11.9 Å². The number of nitro benzene ring substituents is 1. The van der Waals surface area contributed by atoms with Gasteiger partial charge in [0.05, 0.1) is 35.2 Å². The molecule has 1 atom stereocenters. The molecule has 0 fully saturated rings. The van der Waals surface area contributed by atoms with Crippen molar-refractivity contribution in [1.82, 2.24) is 5.32 Å². The Morgan fingerprint density at radius 3 is 2.11 bits per heavy atom. The summed E-state index contributed by atoms with van der Waals surface area (Å²) in [7, 11) is 0. The SMILES string of the molecule is CCOC(=O)C1=C(C)NC(CN)=C(C(=O)OCC)C1c1ccc([N+](=O)[O-])cc1. The first kappa shape index (κ1) is 21.1. The largest absolute Gasteiger partial charge is 0.463 e. The van der Waals surface area contributed by atoms with Crippen molar-refractivity contribution in [2.45, 2.75) is 26.7 Å². The molecule has 28 heavy (non-hydrogen) atoms. The second kappa shape index (κ2) is 9.14. The first-order chi connectivity index (χ1) is 13.3. The molecule has 0 saturated carbocycles. The van der Waals surface area contributed by atoms with Crippen LogP contribution in [0.15, 0.2) is 46.8 Å². The van der Waals surface area contributed by atoms with E-state index in [1.165, 1.54) is 24.3 Å². The lowest BCUT2D eigenvalue weighted by Crippen LogP contribution is -2.35. The molecule has 0 aliphatic carbocycles. The summed E-state index contributed by atoms with van der Waals surface area (Å²) >= 11 is 0. The Morgan fingerprint density at radius 2 is 1.64 bits per heavy atom. The number of nitrogens with zero attached hydrogens (tertiary/aromatic N) is 1. The molecule has 1 aliphatic rings. The monoisotopic (exact) mass is 389 g/mol. The number of esters is 2. The lowest BCUT2D eigenvalue weighted by Gasteiger charge is -2.31. The summed E-state index contributed by atoms with van der Waals surface area (Å²) in [6.45, 7) is 5.35. The molecule has 1 aromatic carbocycles. The van der Waals surface area contributed by atoms with Crippen LogP contribution in [-0.2, 0) is 19.1 Å². The Hall–Kier alpha value is -3.20. The van der Waals surface area contributed by atoms with Crippen LogP contribution in [-0.4, -0.2) is 36.6 Å². The number of allylic oxidation sites excluding steroid dienone is 1.